The summed E-state index contributed by atoms with van der Waals surface area (Å²) in [6.45, 7) is 3.70. The van der Waals surface area contributed by atoms with Crippen LogP contribution in [-0.2, 0) is 14.8 Å². The highest BCUT2D eigenvalue weighted by Gasteiger charge is 2.45. The molecule has 0 spiro atoms. The molecule has 2 atom stereocenters. The zero-order valence-corrected chi connectivity index (χ0v) is 21.6. The van der Waals surface area contributed by atoms with Crippen molar-refractivity contribution in [3.05, 3.63) is 46.6 Å². The molecule has 34 heavy (non-hydrogen) atoms. The predicted octanol–water partition coefficient (Wildman–Crippen LogP) is 4.74. The molecule has 0 aliphatic carbocycles. The van der Waals surface area contributed by atoms with Crippen LogP contribution in [0.15, 0.2) is 36.5 Å². The van der Waals surface area contributed by atoms with Gasteiger partial charge in [-0.3, -0.25) is 9.52 Å². The lowest BCUT2D eigenvalue weighted by atomic mass is 9.96. The molecular weight excluding hydrogens is 499 g/mol. The normalized spacial score (nSPS) is 22.1. The first-order valence-electron chi connectivity index (χ1n) is 11.2. The lowest BCUT2D eigenvalue weighted by Crippen LogP contribution is -2.54. The van der Waals surface area contributed by atoms with Gasteiger partial charge in [0.1, 0.15) is 5.82 Å². The van der Waals surface area contributed by atoms with Crippen molar-refractivity contribution in [3.8, 4) is 5.75 Å². The molecule has 1 aromatic carbocycles. The van der Waals surface area contributed by atoms with Crippen LogP contribution in [0.25, 0.3) is 0 Å². The van der Waals surface area contributed by atoms with E-state index in [0.717, 1.165) is 37.8 Å². The van der Waals surface area contributed by atoms with Crippen LogP contribution in [0.1, 0.15) is 39.5 Å². The van der Waals surface area contributed by atoms with Gasteiger partial charge in [0.15, 0.2) is 5.75 Å². The number of nitrogens with one attached hydrogen (secondary N) is 1. The summed E-state index contributed by atoms with van der Waals surface area (Å²) in [5.41, 5.74) is 0.426. The van der Waals surface area contributed by atoms with Gasteiger partial charge in [-0.25, -0.2) is 13.4 Å². The van der Waals surface area contributed by atoms with Crippen molar-refractivity contribution >= 4 is 50.6 Å². The molecule has 184 valence electrons. The molecule has 2 aliphatic heterocycles. The first kappa shape index (κ1) is 24.9. The van der Waals surface area contributed by atoms with Crippen molar-refractivity contribution in [1.29, 1.82) is 0 Å². The Morgan fingerprint density at radius 3 is 2.38 bits per heavy atom. The number of fused-ring (bicyclic) bond motifs is 2. The molecule has 1 aromatic heterocycles. The summed E-state index contributed by atoms with van der Waals surface area (Å²) < 4.78 is 25.4. The highest BCUT2D eigenvalue weighted by atomic mass is 35.5. The number of pyridine rings is 1. The Balaban J connectivity index is 1.53. The molecule has 2 unspecified atom stereocenters. The minimum atomic E-state index is -3.36. The van der Waals surface area contributed by atoms with Gasteiger partial charge in [-0.15, -0.1) is 0 Å². The van der Waals surface area contributed by atoms with Crippen molar-refractivity contribution in [3.63, 3.8) is 0 Å². The van der Waals surface area contributed by atoms with Gasteiger partial charge in [-0.1, -0.05) is 37.0 Å². The predicted molar refractivity (Wildman–Crippen MR) is 134 cm³/mol. The monoisotopic (exact) mass is 526 g/mol. The van der Waals surface area contributed by atoms with Gasteiger partial charge in [-0.2, -0.15) is 5.06 Å². The number of halogens is 2. The Morgan fingerprint density at radius 2 is 1.85 bits per heavy atom. The molecule has 3 heterocycles. The highest BCUT2D eigenvalue weighted by Crippen LogP contribution is 2.41. The fourth-order valence-corrected chi connectivity index (χ4v) is 5.73. The van der Waals surface area contributed by atoms with Crippen molar-refractivity contribution in [2.75, 3.05) is 15.9 Å². The fourth-order valence-electron chi connectivity index (χ4n) is 4.74. The minimum Gasteiger partial charge on any atom is -0.375 e. The van der Waals surface area contributed by atoms with Crippen molar-refractivity contribution < 1.29 is 18.0 Å². The Hall–Kier alpha value is -2.23. The maximum absolute atomic E-state index is 13.1. The third-order valence-electron chi connectivity index (χ3n) is 6.16. The van der Waals surface area contributed by atoms with Crippen LogP contribution in [0.3, 0.4) is 0 Å². The number of amides is 1. The number of aromatic nitrogens is 1. The van der Waals surface area contributed by atoms with Crippen LogP contribution in [-0.4, -0.2) is 48.8 Å². The van der Waals surface area contributed by atoms with Gasteiger partial charge < -0.3 is 9.74 Å². The molecular formula is C23H28Cl2N4O4S. The first-order chi connectivity index (χ1) is 16.0. The Morgan fingerprint density at radius 1 is 1.18 bits per heavy atom. The van der Waals surface area contributed by atoms with Gasteiger partial charge in [0.2, 0.25) is 10.0 Å². The van der Waals surface area contributed by atoms with Gasteiger partial charge in [-0.05, 0) is 56.0 Å². The Kier molecular flexibility index (Phi) is 7.17. The maximum Gasteiger partial charge on any atom is 0.257 e. The largest absolute Gasteiger partial charge is 0.375 e. The summed E-state index contributed by atoms with van der Waals surface area (Å²) in [6, 6.07) is 8.77. The molecule has 0 radical (unpaired) electrons. The molecule has 11 heteroatoms. The minimum absolute atomic E-state index is 0.0989. The summed E-state index contributed by atoms with van der Waals surface area (Å²) in [5.74, 6) is 0.857. The van der Waals surface area contributed by atoms with E-state index in [1.54, 1.807) is 24.3 Å². The molecule has 2 fully saturated rings. The second-order valence-electron chi connectivity index (χ2n) is 9.18. The van der Waals surface area contributed by atoms with Crippen molar-refractivity contribution in [2.24, 2.45) is 5.92 Å². The van der Waals surface area contributed by atoms with Gasteiger partial charge in [0.25, 0.3) is 5.91 Å². The number of anilines is 2. The molecule has 1 N–H and O–H groups in total. The standard InChI is InChI=1S/C23H28Cl2N4O4S/c1-14(2)23(30)29(33-21-8-4-15(24)10-20(21)25)19-11-17-6-7-18(12-19)28(17)22-9-5-16(13-26-22)27-34(3,31)32/h4-5,8-10,13-14,17-19,27H,6-7,11-12H2,1-3H3. The number of carbonyl (C=O) groups is 1. The van der Waals surface area contributed by atoms with E-state index in [1.807, 2.05) is 19.9 Å². The van der Waals surface area contributed by atoms with Crippen LogP contribution in [0, 0.1) is 5.92 Å². The van der Waals surface area contributed by atoms with E-state index in [0.29, 0.717) is 21.5 Å². The first-order valence-corrected chi connectivity index (χ1v) is 13.8. The number of hydrogen-bond donors (Lipinski definition) is 1. The lowest BCUT2D eigenvalue weighted by molar-refractivity contribution is -0.172. The summed E-state index contributed by atoms with van der Waals surface area (Å²) >= 11 is 12.3. The summed E-state index contributed by atoms with van der Waals surface area (Å²) in [6.07, 6.45) is 6.06. The Labute approximate surface area is 210 Å². The molecule has 2 aromatic rings. The third kappa shape index (κ3) is 5.53. The number of sulfonamides is 1. The molecule has 4 rings (SSSR count). The Bertz CT molecular complexity index is 1150. The van der Waals surface area contributed by atoms with Crippen LogP contribution in [0.2, 0.25) is 10.0 Å². The van der Waals surface area contributed by atoms with Crippen LogP contribution >= 0.6 is 23.2 Å². The second-order valence-corrected chi connectivity index (χ2v) is 11.8. The van der Waals surface area contributed by atoms with E-state index in [4.69, 9.17) is 28.0 Å². The lowest BCUT2D eigenvalue weighted by Gasteiger charge is -2.43. The van der Waals surface area contributed by atoms with E-state index in [-0.39, 0.29) is 30.0 Å². The SMILES string of the molecule is CC(C)C(=O)N(Oc1ccc(Cl)cc1Cl)C1CC2CCC(C1)N2c1ccc(NS(C)(=O)=O)cn1. The number of carbonyl (C=O) groups excluding carboxylic acids is 1. The molecule has 2 bridgehead atoms. The van der Waals surface area contributed by atoms with Gasteiger partial charge >= 0.3 is 0 Å². The molecule has 2 saturated heterocycles. The van der Waals surface area contributed by atoms with Crippen molar-refractivity contribution in [2.45, 2.75) is 57.7 Å². The number of hydroxylamine groups is 2. The van der Waals surface area contributed by atoms with Crippen molar-refractivity contribution in [1.82, 2.24) is 10.0 Å². The zero-order valence-electron chi connectivity index (χ0n) is 19.2. The summed E-state index contributed by atoms with van der Waals surface area (Å²) in [4.78, 5) is 26.0. The quantitative estimate of drug-likeness (QED) is 0.524. The van der Waals surface area contributed by atoms with Crippen LogP contribution in [0.4, 0.5) is 11.5 Å². The van der Waals surface area contributed by atoms with Crippen LogP contribution < -0.4 is 14.5 Å². The average Bonchev–Trinajstić information content (AvgIpc) is 3.01. The fraction of sp³-hybridized carbons (Fsp3) is 0.478. The zero-order chi connectivity index (χ0) is 24.6. The number of nitrogens with zero attached hydrogens (tertiary/aromatic N) is 3. The highest BCUT2D eigenvalue weighted by molar-refractivity contribution is 7.92. The van der Waals surface area contributed by atoms with E-state index in [1.165, 1.54) is 11.3 Å². The number of rotatable bonds is 7. The molecule has 8 nitrogen and oxygen atoms in total. The van der Waals surface area contributed by atoms with E-state index < -0.39 is 10.0 Å². The van der Waals surface area contributed by atoms with E-state index in [9.17, 15) is 13.2 Å². The molecule has 0 saturated carbocycles. The van der Waals surface area contributed by atoms with Gasteiger partial charge in [0, 0.05) is 23.0 Å². The van der Waals surface area contributed by atoms with Crippen LogP contribution in [0.5, 0.6) is 5.75 Å². The van der Waals surface area contributed by atoms with E-state index in [2.05, 4.69) is 14.6 Å². The topological polar surface area (TPSA) is 91.8 Å². The maximum atomic E-state index is 13.1. The smallest absolute Gasteiger partial charge is 0.257 e. The number of benzene rings is 1. The summed E-state index contributed by atoms with van der Waals surface area (Å²) in [7, 11) is -3.36. The molecule has 2 aliphatic rings. The third-order valence-corrected chi connectivity index (χ3v) is 7.29. The summed E-state index contributed by atoms with van der Waals surface area (Å²) in [5, 5.41) is 2.34. The van der Waals surface area contributed by atoms with E-state index >= 15 is 0 Å². The number of hydrogen-bond acceptors (Lipinski definition) is 6. The number of piperidine rings is 1. The molecule has 1 amide bonds. The van der Waals surface area contributed by atoms with Gasteiger partial charge in [0.05, 0.1) is 29.2 Å². The average molecular weight is 527 g/mol. The second kappa shape index (κ2) is 9.79.